The van der Waals surface area contributed by atoms with E-state index < -0.39 is 0 Å². The molecule has 0 spiro atoms. The third-order valence-corrected chi connectivity index (χ3v) is 4.96. The van der Waals surface area contributed by atoms with Crippen LogP contribution in [0.15, 0.2) is 29.1 Å². The maximum Gasteiger partial charge on any atom is 0.268 e. The highest BCUT2D eigenvalue weighted by Gasteiger charge is 2.28. The second kappa shape index (κ2) is 4.52. The van der Waals surface area contributed by atoms with Crippen molar-refractivity contribution in [3.05, 3.63) is 34.6 Å². The topological polar surface area (TPSA) is 34.0 Å². The lowest BCUT2D eigenvalue weighted by atomic mass is 9.81. The Bertz CT molecular complexity index is 608. The Balaban J connectivity index is 1.95. The summed E-state index contributed by atoms with van der Waals surface area (Å²) in [5.74, 6) is 0. The second-order valence-corrected chi connectivity index (χ2v) is 6.55. The number of rotatable bonds is 2. The molecule has 0 saturated carbocycles. The average Bonchev–Trinajstić information content (AvgIpc) is 2.67. The summed E-state index contributed by atoms with van der Waals surface area (Å²) >= 11 is 1.60. The van der Waals surface area contributed by atoms with Crippen molar-refractivity contribution in [3.8, 4) is 0 Å². The number of nitrogens with zero attached hydrogens (tertiary/aromatic N) is 1. The molecule has 0 aliphatic carbocycles. The Kier molecular flexibility index (Phi) is 2.99. The first-order valence-corrected chi connectivity index (χ1v) is 7.25. The minimum atomic E-state index is 0.176. The molecule has 0 amide bonds. The van der Waals surface area contributed by atoms with E-state index in [4.69, 9.17) is 0 Å². The van der Waals surface area contributed by atoms with E-state index in [1.807, 2.05) is 28.2 Å². The second-order valence-electron chi connectivity index (χ2n) is 5.49. The van der Waals surface area contributed by atoms with Crippen LogP contribution in [0.1, 0.15) is 19.8 Å². The van der Waals surface area contributed by atoms with Crippen molar-refractivity contribution in [2.75, 3.05) is 13.1 Å². The molecule has 2 heterocycles. The molecule has 1 saturated heterocycles. The fourth-order valence-electron chi connectivity index (χ4n) is 2.66. The summed E-state index contributed by atoms with van der Waals surface area (Å²) < 4.78 is 3.04. The van der Waals surface area contributed by atoms with Crippen LogP contribution in [-0.2, 0) is 6.54 Å². The van der Waals surface area contributed by atoms with E-state index in [-0.39, 0.29) is 11.0 Å². The normalized spacial score (nSPS) is 19.2. The Morgan fingerprint density at radius 3 is 2.78 bits per heavy atom. The first kappa shape index (κ1) is 11.9. The van der Waals surface area contributed by atoms with Crippen LogP contribution in [0, 0.1) is 5.41 Å². The number of hydrogen-bond acceptors (Lipinski definition) is 3. The Morgan fingerprint density at radius 1 is 1.33 bits per heavy atom. The molecule has 0 atom stereocenters. The number of benzene rings is 1. The molecule has 1 aromatic carbocycles. The lowest BCUT2D eigenvalue weighted by Crippen LogP contribution is -2.38. The molecule has 0 bridgehead atoms. The summed E-state index contributed by atoms with van der Waals surface area (Å²) in [6.07, 6.45) is 2.29. The van der Waals surface area contributed by atoms with Crippen LogP contribution in [0.4, 0.5) is 0 Å². The number of piperidine rings is 1. The molecule has 3 nitrogen and oxygen atoms in total. The highest BCUT2D eigenvalue weighted by Crippen LogP contribution is 2.31. The van der Waals surface area contributed by atoms with Gasteiger partial charge in [-0.15, -0.1) is 0 Å². The summed E-state index contributed by atoms with van der Waals surface area (Å²) in [6, 6.07) is 7.89. The standard InChI is InChI=1S/C14H18N2OS/c1-14(6-8-15-9-7-14)10-16-13(17)11-4-2-3-5-12(11)18-16/h2-5,15H,6-10H2,1H3. The van der Waals surface area contributed by atoms with Crippen molar-refractivity contribution < 1.29 is 0 Å². The van der Waals surface area contributed by atoms with Gasteiger partial charge in [0.05, 0.1) is 10.1 Å². The van der Waals surface area contributed by atoms with Gasteiger partial charge in [0.1, 0.15) is 0 Å². The number of fused-ring (bicyclic) bond motifs is 1. The molecule has 18 heavy (non-hydrogen) atoms. The van der Waals surface area contributed by atoms with Crippen LogP contribution in [0.25, 0.3) is 10.1 Å². The molecule has 3 rings (SSSR count). The van der Waals surface area contributed by atoms with Crippen LogP contribution in [-0.4, -0.2) is 17.0 Å². The Hall–Kier alpha value is -1.13. The predicted molar refractivity (Wildman–Crippen MR) is 76.3 cm³/mol. The zero-order chi connectivity index (χ0) is 12.6. The predicted octanol–water partition coefficient (Wildman–Crippen LogP) is 2.45. The van der Waals surface area contributed by atoms with Gasteiger partial charge < -0.3 is 5.32 Å². The lowest BCUT2D eigenvalue weighted by Gasteiger charge is -2.33. The molecule has 2 aromatic rings. The van der Waals surface area contributed by atoms with Gasteiger partial charge in [-0.1, -0.05) is 30.6 Å². The molecule has 1 aliphatic rings. The number of hydrogen-bond donors (Lipinski definition) is 1. The van der Waals surface area contributed by atoms with Crippen molar-refractivity contribution >= 4 is 21.6 Å². The highest BCUT2D eigenvalue weighted by molar-refractivity contribution is 7.13. The molecule has 0 unspecified atom stereocenters. The summed E-state index contributed by atoms with van der Waals surface area (Å²) in [5, 5.41) is 4.24. The summed E-state index contributed by atoms with van der Waals surface area (Å²) in [5.41, 5.74) is 0.436. The van der Waals surface area contributed by atoms with Gasteiger partial charge in [0, 0.05) is 6.54 Å². The summed E-state index contributed by atoms with van der Waals surface area (Å²) in [6.45, 7) is 5.28. The Labute approximate surface area is 111 Å². The van der Waals surface area contributed by atoms with E-state index in [1.54, 1.807) is 11.5 Å². The van der Waals surface area contributed by atoms with Gasteiger partial charge in [0.25, 0.3) is 5.56 Å². The van der Waals surface area contributed by atoms with E-state index in [2.05, 4.69) is 12.2 Å². The van der Waals surface area contributed by atoms with Crippen LogP contribution < -0.4 is 10.9 Å². The van der Waals surface area contributed by atoms with Crippen molar-refractivity contribution in [1.82, 2.24) is 9.27 Å². The largest absolute Gasteiger partial charge is 0.317 e. The highest BCUT2D eigenvalue weighted by atomic mass is 32.1. The van der Waals surface area contributed by atoms with E-state index >= 15 is 0 Å². The van der Waals surface area contributed by atoms with E-state index in [0.29, 0.717) is 0 Å². The minimum absolute atomic E-state index is 0.176. The molecule has 0 radical (unpaired) electrons. The zero-order valence-corrected chi connectivity index (χ0v) is 11.4. The van der Waals surface area contributed by atoms with Crippen LogP contribution >= 0.6 is 11.5 Å². The maximum atomic E-state index is 12.3. The van der Waals surface area contributed by atoms with E-state index in [9.17, 15) is 4.79 Å². The molecule has 4 heteroatoms. The van der Waals surface area contributed by atoms with Gasteiger partial charge >= 0.3 is 0 Å². The molecule has 1 aliphatic heterocycles. The van der Waals surface area contributed by atoms with E-state index in [0.717, 1.165) is 42.6 Å². The van der Waals surface area contributed by atoms with Gasteiger partial charge in [-0.25, -0.2) is 0 Å². The fourth-order valence-corrected chi connectivity index (χ4v) is 3.84. The van der Waals surface area contributed by atoms with Crippen molar-refractivity contribution in [3.63, 3.8) is 0 Å². The maximum absolute atomic E-state index is 12.3. The summed E-state index contributed by atoms with van der Waals surface area (Å²) in [7, 11) is 0. The Morgan fingerprint density at radius 2 is 2.06 bits per heavy atom. The average molecular weight is 262 g/mol. The van der Waals surface area contributed by atoms with Gasteiger partial charge in [0.15, 0.2) is 0 Å². The van der Waals surface area contributed by atoms with Crippen molar-refractivity contribution in [2.45, 2.75) is 26.3 Å². The molecule has 96 valence electrons. The SMILES string of the molecule is CC1(Cn2sc3ccccc3c2=O)CCNCC1. The first-order chi connectivity index (χ1) is 8.68. The molecular formula is C14H18N2OS. The third kappa shape index (κ3) is 2.10. The van der Waals surface area contributed by atoms with Gasteiger partial charge in [-0.2, -0.15) is 0 Å². The lowest BCUT2D eigenvalue weighted by molar-refractivity contribution is 0.199. The smallest absolute Gasteiger partial charge is 0.268 e. The van der Waals surface area contributed by atoms with Gasteiger partial charge in [0.2, 0.25) is 0 Å². The molecule has 1 N–H and O–H groups in total. The monoisotopic (exact) mass is 262 g/mol. The first-order valence-electron chi connectivity index (χ1n) is 6.48. The molecular weight excluding hydrogens is 244 g/mol. The van der Waals surface area contributed by atoms with Crippen LogP contribution in [0.5, 0.6) is 0 Å². The van der Waals surface area contributed by atoms with Crippen molar-refractivity contribution in [2.24, 2.45) is 5.41 Å². The zero-order valence-electron chi connectivity index (χ0n) is 10.6. The number of nitrogens with one attached hydrogen (secondary N) is 1. The fraction of sp³-hybridized carbons (Fsp3) is 0.500. The van der Waals surface area contributed by atoms with Gasteiger partial charge in [-0.05, 0) is 43.5 Å². The minimum Gasteiger partial charge on any atom is -0.317 e. The molecule has 1 fully saturated rings. The molecule has 1 aromatic heterocycles. The number of aromatic nitrogens is 1. The quantitative estimate of drug-likeness (QED) is 0.902. The van der Waals surface area contributed by atoms with Gasteiger partial charge in [-0.3, -0.25) is 8.75 Å². The third-order valence-electron chi connectivity index (χ3n) is 3.89. The van der Waals surface area contributed by atoms with Crippen LogP contribution in [0.2, 0.25) is 0 Å². The summed E-state index contributed by atoms with van der Waals surface area (Å²) in [4.78, 5) is 12.3. The van der Waals surface area contributed by atoms with E-state index in [1.165, 1.54) is 0 Å². The van der Waals surface area contributed by atoms with Crippen molar-refractivity contribution in [1.29, 1.82) is 0 Å². The van der Waals surface area contributed by atoms with Crippen LogP contribution in [0.3, 0.4) is 0 Å².